The largest absolute Gasteiger partial charge is 0.302 e. The molecule has 0 atom stereocenters. The van der Waals surface area contributed by atoms with Gasteiger partial charge in [0.2, 0.25) is 5.91 Å². The smallest absolute Gasteiger partial charge is 0.228 e. The summed E-state index contributed by atoms with van der Waals surface area (Å²) in [4.78, 5) is 22.3. The predicted molar refractivity (Wildman–Crippen MR) is 142 cm³/mol. The Hall–Kier alpha value is -2.00. The van der Waals surface area contributed by atoms with E-state index in [9.17, 15) is 13.2 Å². The van der Waals surface area contributed by atoms with Gasteiger partial charge in [-0.2, -0.15) is 0 Å². The van der Waals surface area contributed by atoms with Gasteiger partial charge < -0.3 is 4.90 Å². The minimum absolute atomic E-state index is 0.0729. The van der Waals surface area contributed by atoms with Crippen molar-refractivity contribution in [2.24, 2.45) is 0 Å². The van der Waals surface area contributed by atoms with Crippen LogP contribution in [0.15, 0.2) is 41.3 Å². The standard InChI is InChI=1S/C25H32ClN3O3S2/c1-5-28(6-2)15-16-29(25-27-23-19(4)11-14-21(26)24(23)33-25)22(30)8-7-17-34(31,32)20-12-9-18(3)10-13-20/h9-14H,5-8,15-17H2,1-4H3. The van der Waals surface area contributed by atoms with E-state index in [0.29, 0.717) is 28.1 Å². The molecule has 0 saturated carbocycles. The van der Waals surface area contributed by atoms with Crippen LogP contribution in [0, 0.1) is 13.8 Å². The molecule has 0 aliphatic carbocycles. The summed E-state index contributed by atoms with van der Waals surface area (Å²) in [6.45, 7) is 11.0. The number of benzene rings is 2. The molecule has 0 spiro atoms. The lowest BCUT2D eigenvalue weighted by Crippen LogP contribution is -2.38. The fourth-order valence-electron chi connectivity index (χ4n) is 3.73. The number of rotatable bonds is 11. The number of anilines is 1. The van der Waals surface area contributed by atoms with Gasteiger partial charge in [0, 0.05) is 19.5 Å². The molecular weight excluding hydrogens is 490 g/mol. The number of hydrogen-bond acceptors (Lipinski definition) is 6. The second-order valence-electron chi connectivity index (χ2n) is 8.35. The van der Waals surface area contributed by atoms with Crippen LogP contribution in [0.4, 0.5) is 5.13 Å². The van der Waals surface area contributed by atoms with Crippen molar-refractivity contribution in [1.82, 2.24) is 9.88 Å². The third-order valence-electron chi connectivity index (χ3n) is 5.94. The highest BCUT2D eigenvalue weighted by molar-refractivity contribution is 7.91. The zero-order chi connectivity index (χ0) is 24.9. The van der Waals surface area contributed by atoms with Gasteiger partial charge in [0.15, 0.2) is 15.0 Å². The van der Waals surface area contributed by atoms with E-state index in [1.54, 1.807) is 29.2 Å². The van der Waals surface area contributed by atoms with E-state index in [4.69, 9.17) is 16.6 Å². The molecule has 0 unspecified atom stereocenters. The van der Waals surface area contributed by atoms with Crippen LogP contribution in [0.1, 0.15) is 37.8 Å². The molecule has 34 heavy (non-hydrogen) atoms. The summed E-state index contributed by atoms with van der Waals surface area (Å²) in [6.07, 6.45) is 0.382. The Morgan fingerprint density at radius 2 is 1.71 bits per heavy atom. The second-order valence-corrected chi connectivity index (χ2v) is 11.8. The Kier molecular flexibility index (Phi) is 9.09. The first-order valence-corrected chi connectivity index (χ1v) is 14.4. The van der Waals surface area contributed by atoms with Gasteiger partial charge in [-0.25, -0.2) is 13.4 Å². The average Bonchev–Trinajstić information content (AvgIpc) is 3.26. The molecule has 1 heterocycles. The van der Waals surface area contributed by atoms with Gasteiger partial charge >= 0.3 is 0 Å². The molecule has 6 nitrogen and oxygen atoms in total. The molecule has 9 heteroatoms. The lowest BCUT2D eigenvalue weighted by Gasteiger charge is -2.24. The topological polar surface area (TPSA) is 70.6 Å². The summed E-state index contributed by atoms with van der Waals surface area (Å²) in [5.74, 6) is -0.199. The first kappa shape index (κ1) is 26.6. The highest BCUT2D eigenvalue weighted by Crippen LogP contribution is 2.36. The van der Waals surface area contributed by atoms with E-state index < -0.39 is 9.84 Å². The number of fused-ring (bicyclic) bond motifs is 1. The molecule has 3 aromatic rings. The predicted octanol–water partition coefficient (Wildman–Crippen LogP) is 5.50. The van der Waals surface area contributed by atoms with Crippen LogP contribution in [0.2, 0.25) is 5.02 Å². The van der Waals surface area contributed by atoms with Gasteiger partial charge in [-0.3, -0.25) is 9.69 Å². The molecule has 2 aromatic carbocycles. The summed E-state index contributed by atoms with van der Waals surface area (Å²) in [5.41, 5.74) is 2.81. The lowest BCUT2D eigenvalue weighted by atomic mass is 10.2. The number of carbonyl (C=O) groups excluding carboxylic acids is 1. The maximum Gasteiger partial charge on any atom is 0.228 e. The number of hydrogen-bond donors (Lipinski definition) is 0. The van der Waals surface area contributed by atoms with E-state index in [2.05, 4.69) is 18.7 Å². The molecule has 0 saturated heterocycles. The van der Waals surface area contributed by atoms with Crippen molar-refractivity contribution in [3.05, 3.63) is 52.5 Å². The van der Waals surface area contributed by atoms with Crippen LogP contribution in [0.5, 0.6) is 0 Å². The van der Waals surface area contributed by atoms with Gasteiger partial charge in [-0.1, -0.05) is 60.5 Å². The summed E-state index contributed by atoms with van der Waals surface area (Å²) in [7, 11) is -3.44. The van der Waals surface area contributed by atoms with Gasteiger partial charge in [-0.05, 0) is 57.1 Å². The summed E-state index contributed by atoms with van der Waals surface area (Å²) in [6, 6.07) is 10.6. The second kappa shape index (κ2) is 11.6. The Balaban J connectivity index is 1.77. The normalized spacial score (nSPS) is 11.9. The van der Waals surface area contributed by atoms with E-state index in [1.165, 1.54) is 11.3 Å². The maximum absolute atomic E-state index is 13.3. The number of thiazole rings is 1. The van der Waals surface area contributed by atoms with E-state index in [-0.39, 0.29) is 24.5 Å². The number of sulfone groups is 1. The summed E-state index contributed by atoms with van der Waals surface area (Å²) >= 11 is 7.80. The Morgan fingerprint density at radius 1 is 1.03 bits per heavy atom. The number of likely N-dealkylation sites (N-methyl/N-ethyl adjacent to an activating group) is 1. The molecule has 0 N–H and O–H groups in total. The van der Waals surface area contributed by atoms with Gasteiger partial charge in [0.25, 0.3) is 0 Å². The van der Waals surface area contributed by atoms with Crippen LogP contribution in [0.25, 0.3) is 10.2 Å². The van der Waals surface area contributed by atoms with Gasteiger partial charge in [0.05, 0.1) is 25.9 Å². The van der Waals surface area contributed by atoms with Gasteiger partial charge in [-0.15, -0.1) is 0 Å². The van der Waals surface area contributed by atoms with Crippen molar-refractivity contribution in [1.29, 1.82) is 0 Å². The molecule has 0 fully saturated rings. The highest BCUT2D eigenvalue weighted by Gasteiger charge is 2.23. The molecule has 0 bridgehead atoms. The Bertz CT molecular complexity index is 1200. The fourth-order valence-corrected chi connectivity index (χ4v) is 6.40. The number of carbonyl (C=O) groups is 1. The molecule has 0 aliphatic heterocycles. The fraction of sp³-hybridized carbons (Fsp3) is 0.440. The SMILES string of the molecule is CCN(CC)CCN(C(=O)CCCS(=O)(=O)c1ccc(C)cc1)c1nc2c(C)ccc(Cl)c2s1. The molecule has 0 aliphatic rings. The molecule has 3 rings (SSSR count). The molecular formula is C25H32ClN3O3S2. The molecule has 0 radical (unpaired) electrons. The zero-order valence-corrected chi connectivity index (χ0v) is 22.6. The number of aromatic nitrogens is 1. The van der Waals surface area contributed by atoms with E-state index >= 15 is 0 Å². The molecule has 1 aromatic heterocycles. The number of halogens is 1. The van der Waals surface area contributed by atoms with Crippen molar-refractivity contribution < 1.29 is 13.2 Å². The third-order valence-corrected chi connectivity index (χ3v) is 9.29. The van der Waals surface area contributed by atoms with Crippen LogP contribution >= 0.6 is 22.9 Å². The Labute approximate surface area is 211 Å². The number of amides is 1. The van der Waals surface area contributed by atoms with Crippen LogP contribution < -0.4 is 4.90 Å². The zero-order valence-electron chi connectivity index (χ0n) is 20.2. The quantitative estimate of drug-likeness (QED) is 0.333. The minimum Gasteiger partial charge on any atom is -0.302 e. The first-order chi connectivity index (χ1) is 16.2. The van der Waals surface area contributed by atoms with Crippen molar-refractivity contribution in [3.63, 3.8) is 0 Å². The summed E-state index contributed by atoms with van der Waals surface area (Å²) < 4.78 is 26.2. The maximum atomic E-state index is 13.3. The monoisotopic (exact) mass is 521 g/mol. The van der Waals surface area contributed by atoms with Crippen molar-refractivity contribution in [2.75, 3.05) is 36.8 Å². The van der Waals surface area contributed by atoms with Crippen molar-refractivity contribution in [3.8, 4) is 0 Å². The molecule has 1 amide bonds. The highest BCUT2D eigenvalue weighted by atomic mass is 35.5. The number of aryl methyl sites for hydroxylation is 2. The van der Waals surface area contributed by atoms with E-state index in [0.717, 1.165) is 34.4 Å². The number of nitrogens with zero attached hydrogens (tertiary/aromatic N) is 3. The van der Waals surface area contributed by atoms with E-state index in [1.807, 2.05) is 26.0 Å². The first-order valence-electron chi connectivity index (χ1n) is 11.5. The minimum atomic E-state index is -3.44. The van der Waals surface area contributed by atoms with Crippen LogP contribution in [-0.2, 0) is 14.6 Å². The summed E-state index contributed by atoms with van der Waals surface area (Å²) in [5, 5.41) is 1.22. The molecule has 184 valence electrons. The Morgan fingerprint density at radius 3 is 2.32 bits per heavy atom. The van der Waals surface area contributed by atoms with Crippen LogP contribution in [-0.4, -0.2) is 56.1 Å². The van der Waals surface area contributed by atoms with Crippen molar-refractivity contribution in [2.45, 2.75) is 45.4 Å². The lowest BCUT2D eigenvalue weighted by molar-refractivity contribution is -0.118. The van der Waals surface area contributed by atoms with Gasteiger partial charge in [0.1, 0.15) is 0 Å². The average molecular weight is 522 g/mol. The third kappa shape index (κ3) is 6.36. The van der Waals surface area contributed by atoms with Crippen molar-refractivity contribution >= 4 is 54.0 Å². The van der Waals surface area contributed by atoms with Crippen LogP contribution in [0.3, 0.4) is 0 Å².